The SMILES string of the molecule is Cc1ccc(C(=O)N2CC(=O)NC(=O)C2)cc1O. The van der Waals surface area contributed by atoms with Gasteiger partial charge in [-0.15, -0.1) is 0 Å². The quantitative estimate of drug-likeness (QED) is 0.674. The van der Waals surface area contributed by atoms with Crippen molar-refractivity contribution in [3.05, 3.63) is 29.3 Å². The number of hydrogen-bond donors (Lipinski definition) is 2. The van der Waals surface area contributed by atoms with E-state index in [0.717, 1.165) is 4.90 Å². The second-order valence-corrected chi connectivity index (χ2v) is 4.13. The zero-order valence-corrected chi connectivity index (χ0v) is 9.77. The number of benzene rings is 1. The van der Waals surface area contributed by atoms with Gasteiger partial charge in [-0.2, -0.15) is 0 Å². The van der Waals surface area contributed by atoms with Crippen LogP contribution in [0.25, 0.3) is 0 Å². The maximum Gasteiger partial charge on any atom is 0.254 e. The molecule has 0 spiro atoms. The maximum atomic E-state index is 12.0. The predicted molar refractivity (Wildman–Crippen MR) is 61.9 cm³/mol. The zero-order valence-electron chi connectivity index (χ0n) is 9.77. The minimum absolute atomic E-state index is 0.00800. The van der Waals surface area contributed by atoms with E-state index >= 15 is 0 Å². The monoisotopic (exact) mass is 248 g/mol. The molecule has 0 aromatic heterocycles. The van der Waals surface area contributed by atoms with Crippen LogP contribution in [0.2, 0.25) is 0 Å². The van der Waals surface area contributed by atoms with Crippen LogP contribution >= 0.6 is 0 Å². The van der Waals surface area contributed by atoms with Gasteiger partial charge >= 0.3 is 0 Å². The van der Waals surface area contributed by atoms with Gasteiger partial charge in [0.1, 0.15) is 18.8 Å². The van der Waals surface area contributed by atoms with Crippen LogP contribution in [0.4, 0.5) is 0 Å². The summed E-state index contributed by atoms with van der Waals surface area (Å²) in [6, 6.07) is 4.48. The number of phenols is 1. The van der Waals surface area contributed by atoms with Crippen molar-refractivity contribution in [2.75, 3.05) is 13.1 Å². The largest absolute Gasteiger partial charge is 0.508 e. The molecule has 1 heterocycles. The zero-order chi connectivity index (χ0) is 13.3. The molecule has 1 aliphatic rings. The minimum Gasteiger partial charge on any atom is -0.508 e. The predicted octanol–water partition coefficient (Wildman–Crippen LogP) is -0.201. The number of nitrogens with zero attached hydrogens (tertiary/aromatic N) is 1. The third-order valence-electron chi connectivity index (χ3n) is 2.69. The Hall–Kier alpha value is -2.37. The molecule has 1 fully saturated rings. The number of rotatable bonds is 1. The molecule has 0 radical (unpaired) electrons. The fourth-order valence-electron chi connectivity index (χ4n) is 1.71. The van der Waals surface area contributed by atoms with Gasteiger partial charge < -0.3 is 10.0 Å². The number of phenolic OH excluding ortho intramolecular Hbond substituents is 1. The fraction of sp³-hybridized carbons (Fsp3) is 0.250. The Bertz CT molecular complexity index is 523. The fourth-order valence-corrected chi connectivity index (χ4v) is 1.71. The van der Waals surface area contributed by atoms with Gasteiger partial charge in [-0.3, -0.25) is 19.7 Å². The van der Waals surface area contributed by atoms with E-state index < -0.39 is 17.7 Å². The molecule has 0 bridgehead atoms. The van der Waals surface area contributed by atoms with E-state index in [1.165, 1.54) is 6.07 Å². The molecule has 0 aliphatic carbocycles. The highest BCUT2D eigenvalue weighted by atomic mass is 16.3. The number of aromatic hydroxyl groups is 1. The Morgan fingerprint density at radius 3 is 2.44 bits per heavy atom. The van der Waals surface area contributed by atoms with Crippen molar-refractivity contribution in [2.24, 2.45) is 0 Å². The van der Waals surface area contributed by atoms with Crippen LogP contribution in [0.15, 0.2) is 18.2 Å². The summed E-state index contributed by atoms with van der Waals surface area (Å²) < 4.78 is 0. The number of piperazine rings is 1. The third kappa shape index (κ3) is 2.32. The molecule has 2 rings (SSSR count). The Kier molecular flexibility index (Phi) is 3.01. The number of carbonyl (C=O) groups excluding carboxylic acids is 3. The molecule has 1 aliphatic heterocycles. The summed E-state index contributed by atoms with van der Waals surface area (Å²) in [7, 11) is 0. The highest BCUT2D eigenvalue weighted by Crippen LogP contribution is 2.18. The van der Waals surface area contributed by atoms with Crippen molar-refractivity contribution < 1.29 is 19.5 Å². The first-order chi connectivity index (χ1) is 8.47. The average molecular weight is 248 g/mol. The summed E-state index contributed by atoms with van der Waals surface area (Å²) >= 11 is 0. The number of aryl methyl sites for hydroxylation is 1. The van der Waals surface area contributed by atoms with Crippen LogP contribution < -0.4 is 5.32 Å². The summed E-state index contributed by atoms with van der Waals surface area (Å²) in [5, 5.41) is 11.6. The normalized spacial score (nSPS) is 15.5. The third-order valence-corrected chi connectivity index (χ3v) is 2.69. The van der Waals surface area contributed by atoms with E-state index in [-0.39, 0.29) is 24.4 Å². The Balaban J connectivity index is 2.22. The molecule has 1 saturated heterocycles. The van der Waals surface area contributed by atoms with E-state index in [2.05, 4.69) is 5.32 Å². The lowest BCUT2D eigenvalue weighted by Gasteiger charge is -2.25. The minimum atomic E-state index is -0.504. The number of hydrogen-bond acceptors (Lipinski definition) is 4. The van der Waals surface area contributed by atoms with Gasteiger partial charge in [0.2, 0.25) is 11.8 Å². The van der Waals surface area contributed by atoms with Crippen LogP contribution in [0.1, 0.15) is 15.9 Å². The number of nitrogens with one attached hydrogen (secondary N) is 1. The van der Waals surface area contributed by atoms with E-state index in [1.54, 1.807) is 19.1 Å². The Labute approximate surface area is 103 Å². The Morgan fingerprint density at radius 2 is 1.89 bits per heavy atom. The lowest BCUT2D eigenvalue weighted by atomic mass is 10.1. The van der Waals surface area contributed by atoms with Crippen molar-refractivity contribution in [1.82, 2.24) is 10.2 Å². The van der Waals surface area contributed by atoms with Crippen molar-refractivity contribution in [3.63, 3.8) is 0 Å². The van der Waals surface area contributed by atoms with Crippen molar-refractivity contribution >= 4 is 17.7 Å². The summed E-state index contributed by atoms with van der Waals surface area (Å²) in [5.74, 6) is -1.45. The second-order valence-electron chi connectivity index (χ2n) is 4.13. The summed E-state index contributed by atoms with van der Waals surface area (Å²) in [6.45, 7) is 1.40. The Morgan fingerprint density at radius 1 is 1.28 bits per heavy atom. The van der Waals surface area contributed by atoms with Crippen LogP contribution in [0.3, 0.4) is 0 Å². The molecule has 18 heavy (non-hydrogen) atoms. The molecule has 3 amide bonds. The first-order valence-electron chi connectivity index (χ1n) is 5.39. The van der Waals surface area contributed by atoms with Gasteiger partial charge in [0.25, 0.3) is 5.91 Å². The standard InChI is InChI=1S/C12H12N2O4/c1-7-2-3-8(4-9(7)15)12(18)14-5-10(16)13-11(17)6-14/h2-4,15H,5-6H2,1H3,(H,13,16,17). The van der Waals surface area contributed by atoms with Gasteiger partial charge in [0, 0.05) is 5.56 Å². The molecule has 94 valence electrons. The molecule has 1 aromatic carbocycles. The molecule has 2 N–H and O–H groups in total. The molecular formula is C12H12N2O4. The second kappa shape index (κ2) is 4.48. The summed E-state index contributed by atoms with van der Waals surface area (Å²) in [5.41, 5.74) is 0.902. The first-order valence-corrected chi connectivity index (χ1v) is 5.39. The van der Waals surface area contributed by atoms with Crippen LogP contribution in [0, 0.1) is 6.92 Å². The molecule has 0 atom stereocenters. The molecule has 0 saturated carbocycles. The van der Waals surface area contributed by atoms with Crippen LogP contribution in [-0.4, -0.2) is 40.8 Å². The molecule has 6 nitrogen and oxygen atoms in total. The summed E-state index contributed by atoms with van der Waals surface area (Å²) in [4.78, 5) is 35.5. The average Bonchev–Trinajstić information content (AvgIpc) is 2.30. The van der Waals surface area contributed by atoms with Gasteiger partial charge in [-0.05, 0) is 24.6 Å². The highest BCUT2D eigenvalue weighted by molar-refractivity contribution is 6.05. The highest BCUT2D eigenvalue weighted by Gasteiger charge is 2.27. The topological polar surface area (TPSA) is 86.7 Å². The van der Waals surface area contributed by atoms with E-state index in [1.807, 2.05) is 0 Å². The van der Waals surface area contributed by atoms with Gasteiger partial charge in [-0.25, -0.2) is 0 Å². The van der Waals surface area contributed by atoms with Gasteiger partial charge in [-0.1, -0.05) is 6.07 Å². The van der Waals surface area contributed by atoms with E-state index in [0.29, 0.717) is 5.56 Å². The van der Waals surface area contributed by atoms with Crippen LogP contribution in [-0.2, 0) is 9.59 Å². The van der Waals surface area contributed by atoms with Gasteiger partial charge in [0.15, 0.2) is 0 Å². The first kappa shape index (κ1) is 12.1. The van der Waals surface area contributed by atoms with E-state index in [4.69, 9.17) is 0 Å². The van der Waals surface area contributed by atoms with Crippen molar-refractivity contribution in [1.29, 1.82) is 0 Å². The van der Waals surface area contributed by atoms with Gasteiger partial charge in [0.05, 0.1) is 0 Å². The van der Waals surface area contributed by atoms with E-state index in [9.17, 15) is 19.5 Å². The lowest BCUT2D eigenvalue weighted by Crippen LogP contribution is -2.53. The molecule has 0 unspecified atom stereocenters. The van der Waals surface area contributed by atoms with Crippen molar-refractivity contribution in [3.8, 4) is 5.75 Å². The smallest absolute Gasteiger partial charge is 0.254 e. The number of carbonyl (C=O) groups is 3. The maximum absolute atomic E-state index is 12.0. The number of imide groups is 1. The summed E-state index contributed by atoms with van der Waals surface area (Å²) in [6.07, 6.45) is 0. The molecule has 1 aromatic rings. The van der Waals surface area contributed by atoms with Crippen molar-refractivity contribution in [2.45, 2.75) is 6.92 Å². The van der Waals surface area contributed by atoms with Crippen LogP contribution in [0.5, 0.6) is 5.75 Å². The molecule has 6 heteroatoms. The molecular weight excluding hydrogens is 236 g/mol. The number of amides is 3. The lowest BCUT2D eigenvalue weighted by molar-refractivity contribution is -0.135.